The molecule has 1 fully saturated rings. The lowest BCUT2D eigenvalue weighted by Crippen LogP contribution is -2.37. The third-order valence-corrected chi connectivity index (χ3v) is 3.08. The second-order valence-corrected chi connectivity index (χ2v) is 4.56. The smallest absolute Gasteiger partial charge is 0.337 e. The minimum absolute atomic E-state index is 0.000241. The molecule has 0 unspecified atom stereocenters. The number of carboxylic acids is 1. The lowest BCUT2D eigenvalue weighted by molar-refractivity contribution is -0.121. The minimum Gasteiger partial charge on any atom is -0.478 e. The van der Waals surface area contributed by atoms with Gasteiger partial charge in [0.2, 0.25) is 5.91 Å². The van der Waals surface area contributed by atoms with E-state index in [4.69, 9.17) is 5.11 Å². The number of carbonyl (C=O) groups is 3. The first-order valence-electron chi connectivity index (χ1n) is 6.26. The minimum atomic E-state index is -1.08. The normalized spacial score (nSPS) is 15.4. The predicted molar refractivity (Wildman–Crippen MR) is 69.5 cm³/mol. The standard InChI is InChI=1S/C13H15N3O4/c1-8-9(13(19)20)3-4-10(15-8)12(18)16-6-2-5-14-11(17)7-16/h3-4H,2,5-7H2,1H3,(H,14,17)(H,19,20). The van der Waals surface area contributed by atoms with Crippen molar-refractivity contribution in [2.75, 3.05) is 19.6 Å². The topological polar surface area (TPSA) is 99.6 Å². The summed E-state index contributed by atoms with van der Waals surface area (Å²) in [5.74, 6) is -1.64. The van der Waals surface area contributed by atoms with Crippen LogP contribution < -0.4 is 5.32 Å². The molecule has 20 heavy (non-hydrogen) atoms. The summed E-state index contributed by atoms with van der Waals surface area (Å²) in [5, 5.41) is 11.6. The molecule has 0 aliphatic carbocycles. The van der Waals surface area contributed by atoms with Crippen LogP contribution in [-0.4, -0.2) is 52.4 Å². The maximum absolute atomic E-state index is 12.3. The molecule has 7 nitrogen and oxygen atoms in total. The Morgan fingerprint density at radius 2 is 2.15 bits per heavy atom. The molecule has 0 aromatic carbocycles. The molecule has 2 heterocycles. The van der Waals surface area contributed by atoms with Crippen molar-refractivity contribution >= 4 is 17.8 Å². The Hall–Kier alpha value is -2.44. The van der Waals surface area contributed by atoms with Crippen LogP contribution in [0.3, 0.4) is 0 Å². The second-order valence-electron chi connectivity index (χ2n) is 4.56. The number of rotatable bonds is 2. The summed E-state index contributed by atoms with van der Waals surface area (Å²) in [7, 11) is 0. The van der Waals surface area contributed by atoms with Crippen molar-refractivity contribution in [3.63, 3.8) is 0 Å². The highest BCUT2D eigenvalue weighted by molar-refractivity contribution is 5.96. The summed E-state index contributed by atoms with van der Waals surface area (Å²) >= 11 is 0. The molecule has 1 aromatic rings. The van der Waals surface area contributed by atoms with Gasteiger partial charge in [-0.1, -0.05) is 0 Å². The monoisotopic (exact) mass is 277 g/mol. The van der Waals surface area contributed by atoms with Crippen LogP contribution >= 0.6 is 0 Å². The number of carboxylic acid groups (broad SMARTS) is 1. The quantitative estimate of drug-likeness (QED) is 0.795. The fourth-order valence-corrected chi connectivity index (χ4v) is 2.05. The van der Waals surface area contributed by atoms with Gasteiger partial charge in [-0.25, -0.2) is 9.78 Å². The highest BCUT2D eigenvalue weighted by Gasteiger charge is 2.22. The van der Waals surface area contributed by atoms with E-state index in [0.29, 0.717) is 19.5 Å². The van der Waals surface area contributed by atoms with Crippen LogP contribution in [0.4, 0.5) is 0 Å². The van der Waals surface area contributed by atoms with Gasteiger partial charge >= 0.3 is 5.97 Å². The Kier molecular flexibility index (Phi) is 3.97. The first-order valence-corrected chi connectivity index (χ1v) is 6.26. The fraction of sp³-hybridized carbons (Fsp3) is 0.385. The zero-order valence-electron chi connectivity index (χ0n) is 11.0. The Morgan fingerprint density at radius 1 is 1.40 bits per heavy atom. The van der Waals surface area contributed by atoms with Crippen molar-refractivity contribution in [2.24, 2.45) is 0 Å². The SMILES string of the molecule is Cc1nc(C(=O)N2CCCNC(=O)C2)ccc1C(=O)O. The van der Waals surface area contributed by atoms with Crippen molar-refractivity contribution in [1.82, 2.24) is 15.2 Å². The largest absolute Gasteiger partial charge is 0.478 e. The van der Waals surface area contributed by atoms with Gasteiger partial charge in [0.1, 0.15) is 5.69 Å². The van der Waals surface area contributed by atoms with E-state index in [0.717, 1.165) is 0 Å². The van der Waals surface area contributed by atoms with E-state index in [-0.39, 0.29) is 35.3 Å². The second kappa shape index (κ2) is 5.68. The number of pyridine rings is 1. The zero-order chi connectivity index (χ0) is 14.7. The summed E-state index contributed by atoms with van der Waals surface area (Å²) < 4.78 is 0. The van der Waals surface area contributed by atoms with Gasteiger partial charge in [-0.05, 0) is 25.5 Å². The first-order chi connectivity index (χ1) is 9.49. The molecular formula is C13H15N3O4. The molecule has 0 spiro atoms. The van der Waals surface area contributed by atoms with E-state index in [1.807, 2.05) is 0 Å². The van der Waals surface area contributed by atoms with Gasteiger partial charge in [-0.3, -0.25) is 9.59 Å². The maximum Gasteiger partial charge on any atom is 0.337 e. The number of carbonyl (C=O) groups excluding carboxylic acids is 2. The summed E-state index contributed by atoms with van der Waals surface area (Å²) in [4.78, 5) is 40.1. The highest BCUT2D eigenvalue weighted by Crippen LogP contribution is 2.10. The van der Waals surface area contributed by atoms with Gasteiger partial charge in [-0.2, -0.15) is 0 Å². The van der Waals surface area contributed by atoms with Crippen LogP contribution in [0.5, 0.6) is 0 Å². The van der Waals surface area contributed by atoms with E-state index >= 15 is 0 Å². The molecule has 0 radical (unpaired) electrons. The van der Waals surface area contributed by atoms with Crippen LogP contribution in [0.1, 0.15) is 33.0 Å². The van der Waals surface area contributed by atoms with Gasteiger partial charge in [0.05, 0.1) is 17.8 Å². The zero-order valence-corrected chi connectivity index (χ0v) is 11.0. The molecule has 0 bridgehead atoms. The van der Waals surface area contributed by atoms with Crippen molar-refractivity contribution in [3.8, 4) is 0 Å². The molecule has 2 rings (SSSR count). The van der Waals surface area contributed by atoms with E-state index in [1.165, 1.54) is 24.0 Å². The average molecular weight is 277 g/mol. The Balaban J connectivity index is 2.22. The highest BCUT2D eigenvalue weighted by atomic mass is 16.4. The van der Waals surface area contributed by atoms with E-state index in [1.54, 1.807) is 0 Å². The van der Waals surface area contributed by atoms with E-state index in [2.05, 4.69) is 10.3 Å². The molecule has 0 saturated carbocycles. The van der Waals surface area contributed by atoms with Crippen LogP contribution in [0.15, 0.2) is 12.1 Å². The molecule has 2 N–H and O–H groups in total. The first kappa shape index (κ1) is 14.0. The predicted octanol–water partition coefficient (Wildman–Crippen LogP) is 0.0503. The Bertz CT molecular complexity index is 571. The molecule has 0 atom stereocenters. The molecular weight excluding hydrogens is 262 g/mol. The number of nitrogens with one attached hydrogen (secondary N) is 1. The van der Waals surface area contributed by atoms with Crippen molar-refractivity contribution < 1.29 is 19.5 Å². The van der Waals surface area contributed by atoms with Crippen LogP contribution in [0.25, 0.3) is 0 Å². The number of hydrogen-bond acceptors (Lipinski definition) is 4. The van der Waals surface area contributed by atoms with Crippen LogP contribution in [-0.2, 0) is 4.79 Å². The van der Waals surface area contributed by atoms with Gasteiger partial charge in [0.25, 0.3) is 5.91 Å². The molecule has 2 amide bonds. The van der Waals surface area contributed by atoms with Gasteiger partial charge in [-0.15, -0.1) is 0 Å². The fourth-order valence-electron chi connectivity index (χ4n) is 2.05. The van der Waals surface area contributed by atoms with Crippen LogP contribution in [0, 0.1) is 6.92 Å². The van der Waals surface area contributed by atoms with Crippen molar-refractivity contribution in [1.29, 1.82) is 0 Å². The van der Waals surface area contributed by atoms with Crippen molar-refractivity contribution in [3.05, 3.63) is 29.1 Å². The number of aromatic nitrogens is 1. The molecule has 1 saturated heterocycles. The lowest BCUT2D eigenvalue weighted by Gasteiger charge is -2.18. The van der Waals surface area contributed by atoms with Gasteiger partial charge in [0.15, 0.2) is 0 Å². The summed E-state index contributed by atoms with van der Waals surface area (Å²) in [6.07, 6.45) is 0.684. The molecule has 106 valence electrons. The summed E-state index contributed by atoms with van der Waals surface area (Å²) in [5.41, 5.74) is 0.500. The number of amides is 2. The summed E-state index contributed by atoms with van der Waals surface area (Å²) in [6.45, 7) is 2.56. The number of aromatic carboxylic acids is 1. The van der Waals surface area contributed by atoms with E-state index < -0.39 is 5.97 Å². The van der Waals surface area contributed by atoms with Gasteiger partial charge in [0, 0.05) is 13.1 Å². The molecule has 1 aliphatic heterocycles. The van der Waals surface area contributed by atoms with Gasteiger partial charge < -0.3 is 15.3 Å². The number of aryl methyl sites for hydroxylation is 1. The lowest BCUT2D eigenvalue weighted by atomic mass is 10.2. The molecule has 1 aromatic heterocycles. The van der Waals surface area contributed by atoms with E-state index in [9.17, 15) is 14.4 Å². The Morgan fingerprint density at radius 3 is 2.80 bits per heavy atom. The Labute approximate surface area is 115 Å². The van der Waals surface area contributed by atoms with Crippen LogP contribution in [0.2, 0.25) is 0 Å². The average Bonchev–Trinajstić information content (AvgIpc) is 2.62. The summed E-state index contributed by atoms with van der Waals surface area (Å²) in [6, 6.07) is 2.73. The molecule has 1 aliphatic rings. The number of hydrogen-bond donors (Lipinski definition) is 2. The molecule has 7 heteroatoms. The maximum atomic E-state index is 12.3. The van der Waals surface area contributed by atoms with Crippen molar-refractivity contribution in [2.45, 2.75) is 13.3 Å². The third-order valence-electron chi connectivity index (χ3n) is 3.08. The number of nitrogens with zero attached hydrogens (tertiary/aromatic N) is 2. The third kappa shape index (κ3) is 2.93.